The van der Waals surface area contributed by atoms with Crippen molar-refractivity contribution in [2.45, 2.75) is 18.2 Å². The van der Waals surface area contributed by atoms with E-state index in [0.717, 1.165) is 6.42 Å². The number of hydrogen-bond acceptors (Lipinski definition) is 4. The second-order valence-electron chi connectivity index (χ2n) is 4.79. The van der Waals surface area contributed by atoms with Crippen molar-refractivity contribution in [3.05, 3.63) is 53.7 Å². The largest absolute Gasteiger partial charge is 0.369 e. The summed E-state index contributed by atoms with van der Waals surface area (Å²) < 4.78 is 23.3. The molecule has 0 atom stereocenters. The maximum absolute atomic E-state index is 11.7. The van der Waals surface area contributed by atoms with Crippen molar-refractivity contribution in [3.63, 3.8) is 0 Å². The molecule has 5 heteroatoms. The van der Waals surface area contributed by atoms with Gasteiger partial charge in [0.05, 0.1) is 0 Å². The molecule has 20 heavy (non-hydrogen) atoms. The number of aryl methyl sites for hydroxylation is 1. The molecule has 0 bridgehead atoms. The Morgan fingerprint density at radius 1 is 1.20 bits per heavy atom. The molecule has 0 aliphatic carbocycles. The van der Waals surface area contributed by atoms with E-state index in [9.17, 15) is 8.42 Å². The van der Waals surface area contributed by atoms with Gasteiger partial charge in [-0.2, -0.15) is 0 Å². The monoisotopic (exact) mass is 290 g/mol. The van der Waals surface area contributed by atoms with Crippen LogP contribution >= 0.6 is 0 Å². The fourth-order valence-corrected chi connectivity index (χ4v) is 2.82. The second-order valence-corrected chi connectivity index (χ2v) is 6.77. The summed E-state index contributed by atoms with van der Waals surface area (Å²) in [4.78, 5) is 4.34. The standard InChI is InChI=1S/C15H18N2O2S/c1-12-5-3-6-13(11-12)8-10-17-15-14(20(2,18)19)7-4-9-16-15/h3-7,9,11H,8,10H2,1-2H3,(H,16,17). The third kappa shape index (κ3) is 3.81. The molecule has 0 aliphatic heterocycles. The first-order valence-electron chi connectivity index (χ1n) is 6.41. The molecule has 1 heterocycles. The first-order valence-corrected chi connectivity index (χ1v) is 8.30. The zero-order valence-electron chi connectivity index (χ0n) is 11.6. The third-order valence-electron chi connectivity index (χ3n) is 2.96. The van der Waals surface area contributed by atoms with Gasteiger partial charge >= 0.3 is 0 Å². The Kier molecular flexibility index (Phi) is 4.39. The van der Waals surface area contributed by atoms with Crippen LogP contribution in [0.3, 0.4) is 0 Å². The molecule has 0 amide bonds. The first-order chi connectivity index (χ1) is 9.47. The van der Waals surface area contributed by atoms with Crippen molar-refractivity contribution in [1.82, 2.24) is 4.98 Å². The van der Waals surface area contributed by atoms with Gasteiger partial charge in [-0.1, -0.05) is 29.8 Å². The molecule has 0 aliphatic rings. The topological polar surface area (TPSA) is 59.1 Å². The second kappa shape index (κ2) is 6.05. The van der Waals surface area contributed by atoms with Gasteiger partial charge in [-0.15, -0.1) is 0 Å². The Bertz CT molecular complexity index is 697. The molecule has 0 spiro atoms. The van der Waals surface area contributed by atoms with Crippen LogP contribution in [0.1, 0.15) is 11.1 Å². The highest BCUT2D eigenvalue weighted by Crippen LogP contribution is 2.17. The summed E-state index contributed by atoms with van der Waals surface area (Å²) in [5, 5.41) is 3.10. The van der Waals surface area contributed by atoms with Crippen LogP contribution in [0, 0.1) is 6.92 Å². The molecular weight excluding hydrogens is 272 g/mol. The smallest absolute Gasteiger partial charge is 0.179 e. The Balaban J connectivity index is 2.05. The molecule has 0 unspecified atom stereocenters. The number of anilines is 1. The van der Waals surface area contributed by atoms with E-state index in [0.29, 0.717) is 12.4 Å². The van der Waals surface area contributed by atoms with E-state index in [-0.39, 0.29) is 4.90 Å². The zero-order chi connectivity index (χ0) is 14.6. The highest BCUT2D eigenvalue weighted by atomic mass is 32.2. The first kappa shape index (κ1) is 14.5. The normalized spacial score (nSPS) is 11.3. The average Bonchev–Trinajstić information content (AvgIpc) is 2.38. The lowest BCUT2D eigenvalue weighted by Crippen LogP contribution is -2.10. The minimum Gasteiger partial charge on any atom is -0.369 e. The molecular formula is C15H18N2O2S. The minimum atomic E-state index is -3.26. The van der Waals surface area contributed by atoms with E-state index in [1.165, 1.54) is 17.4 Å². The Morgan fingerprint density at radius 3 is 2.70 bits per heavy atom. The van der Waals surface area contributed by atoms with Crippen LogP contribution < -0.4 is 5.32 Å². The van der Waals surface area contributed by atoms with Crippen LogP contribution in [0.5, 0.6) is 0 Å². The van der Waals surface area contributed by atoms with Gasteiger partial charge in [-0.3, -0.25) is 0 Å². The Labute approximate surface area is 119 Å². The van der Waals surface area contributed by atoms with Gasteiger partial charge in [0, 0.05) is 19.0 Å². The van der Waals surface area contributed by atoms with Crippen molar-refractivity contribution in [3.8, 4) is 0 Å². The lowest BCUT2D eigenvalue weighted by Gasteiger charge is -2.09. The van der Waals surface area contributed by atoms with Crippen molar-refractivity contribution in [2.24, 2.45) is 0 Å². The summed E-state index contributed by atoms with van der Waals surface area (Å²) in [6.07, 6.45) is 3.60. The number of nitrogens with one attached hydrogen (secondary N) is 1. The minimum absolute atomic E-state index is 0.240. The lowest BCUT2D eigenvalue weighted by molar-refractivity contribution is 0.602. The van der Waals surface area contributed by atoms with Crippen LogP contribution in [-0.4, -0.2) is 26.2 Å². The molecule has 0 saturated heterocycles. The number of nitrogens with zero attached hydrogens (tertiary/aromatic N) is 1. The molecule has 2 rings (SSSR count). The molecule has 1 N–H and O–H groups in total. The lowest BCUT2D eigenvalue weighted by atomic mass is 10.1. The molecule has 1 aromatic carbocycles. The molecule has 0 saturated carbocycles. The Hall–Kier alpha value is -1.88. The molecule has 4 nitrogen and oxygen atoms in total. The van der Waals surface area contributed by atoms with E-state index in [2.05, 4.69) is 35.4 Å². The summed E-state index contributed by atoms with van der Waals surface area (Å²) in [6, 6.07) is 11.5. The van der Waals surface area contributed by atoms with Gasteiger partial charge in [0.15, 0.2) is 9.84 Å². The van der Waals surface area contributed by atoms with Crippen LogP contribution in [-0.2, 0) is 16.3 Å². The van der Waals surface area contributed by atoms with Crippen molar-refractivity contribution in [1.29, 1.82) is 0 Å². The molecule has 0 radical (unpaired) electrons. The number of aromatic nitrogens is 1. The van der Waals surface area contributed by atoms with Gasteiger partial charge in [0.1, 0.15) is 10.7 Å². The van der Waals surface area contributed by atoms with Gasteiger partial charge in [-0.25, -0.2) is 13.4 Å². The van der Waals surface area contributed by atoms with E-state index in [4.69, 9.17) is 0 Å². The summed E-state index contributed by atoms with van der Waals surface area (Å²) in [7, 11) is -3.26. The number of pyridine rings is 1. The number of rotatable bonds is 5. The van der Waals surface area contributed by atoms with Crippen LogP contribution in [0.2, 0.25) is 0 Å². The van der Waals surface area contributed by atoms with Gasteiger partial charge in [0.2, 0.25) is 0 Å². The maximum atomic E-state index is 11.7. The van der Waals surface area contributed by atoms with E-state index in [1.54, 1.807) is 18.3 Å². The number of hydrogen-bond donors (Lipinski definition) is 1. The maximum Gasteiger partial charge on any atom is 0.179 e. The highest BCUT2D eigenvalue weighted by Gasteiger charge is 2.13. The quantitative estimate of drug-likeness (QED) is 0.919. The van der Waals surface area contributed by atoms with E-state index < -0.39 is 9.84 Å². The van der Waals surface area contributed by atoms with Crippen molar-refractivity contribution in [2.75, 3.05) is 18.1 Å². The summed E-state index contributed by atoms with van der Waals surface area (Å²) in [6.45, 7) is 2.69. The Morgan fingerprint density at radius 2 is 2.00 bits per heavy atom. The number of benzene rings is 1. The van der Waals surface area contributed by atoms with Crippen molar-refractivity contribution >= 4 is 15.7 Å². The summed E-state index contributed by atoms with van der Waals surface area (Å²) in [5.41, 5.74) is 2.44. The van der Waals surface area contributed by atoms with E-state index >= 15 is 0 Å². The average molecular weight is 290 g/mol. The van der Waals surface area contributed by atoms with Crippen LogP contribution in [0.25, 0.3) is 0 Å². The highest BCUT2D eigenvalue weighted by molar-refractivity contribution is 7.90. The van der Waals surface area contributed by atoms with Crippen LogP contribution in [0.15, 0.2) is 47.5 Å². The summed E-state index contributed by atoms with van der Waals surface area (Å²) >= 11 is 0. The molecule has 1 aromatic heterocycles. The molecule has 0 fully saturated rings. The fraction of sp³-hybridized carbons (Fsp3) is 0.267. The summed E-state index contributed by atoms with van der Waals surface area (Å²) in [5.74, 6) is 0.419. The predicted octanol–water partition coefficient (Wildman–Crippen LogP) is 2.45. The van der Waals surface area contributed by atoms with E-state index in [1.807, 2.05) is 6.07 Å². The third-order valence-corrected chi connectivity index (χ3v) is 4.09. The fourth-order valence-electron chi connectivity index (χ4n) is 2.02. The van der Waals surface area contributed by atoms with Gasteiger partial charge < -0.3 is 5.32 Å². The van der Waals surface area contributed by atoms with Crippen molar-refractivity contribution < 1.29 is 8.42 Å². The van der Waals surface area contributed by atoms with Crippen LogP contribution in [0.4, 0.5) is 5.82 Å². The predicted molar refractivity (Wildman–Crippen MR) is 80.7 cm³/mol. The van der Waals surface area contributed by atoms with Gasteiger partial charge in [-0.05, 0) is 31.0 Å². The molecule has 2 aromatic rings. The zero-order valence-corrected chi connectivity index (χ0v) is 12.4. The molecule has 106 valence electrons. The SMILES string of the molecule is Cc1cccc(CCNc2ncccc2S(C)(=O)=O)c1. The number of sulfone groups is 1. The van der Waals surface area contributed by atoms with Gasteiger partial charge in [0.25, 0.3) is 0 Å².